The van der Waals surface area contributed by atoms with Gasteiger partial charge in [-0.05, 0) is 83.5 Å². The van der Waals surface area contributed by atoms with Gasteiger partial charge in [0.25, 0.3) is 0 Å². The van der Waals surface area contributed by atoms with Crippen LogP contribution in [-0.4, -0.2) is 46.9 Å². The molecule has 0 fully saturated rings. The van der Waals surface area contributed by atoms with Crippen LogP contribution in [0.1, 0.15) is 233 Å². The second-order valence-electron chi connectivity index (χ2n) is 16.5. The van der Waals surface area contributed by atoms with Crippen molar-refractivity contribution in [1.82, 2.24) is 5.32 Å². The van der Waals surface area contributed by atoms with E-state index < -0.39 is 18.2 Å². The quantitative estimate of drug-likeness (QED) is 0.0324. The van der Waals surface area contributed by atoms with Crippen LogP contribution in [0.15, 0.2) is 60.8 Å². The lowest BCUT2D eigenvalue weighted by Crippen LogP contribution is -2.46. The Balaban J connectivity index is 4.59. The molecular formula is C52H93NO5. The van der Waals surface area contributed by atoms with Gasteiger partial charge >= 0.3 is 5.97 Å². The molecule has 336 valence electrons. The van der Waals surface area contributed by atoms with Crippen LogP contribution in [0.3, 0.4) is 0 Å². The van der Waals surface area contributed by atoms with E-state index in [1.807, 2.05) is 0 Å². The van der Waals surface area contributed by atoms with Gasteiger partial charge in [-0.15, -0.1) is 0 Å². The molecule has 0 aliphatic carbocycles. The van der Waals surface area contributed by atoms with Crippen molar-refractivity contribution in [2.45, 2.75) is 251 Å². The normalized spacial score (nSPS) is 13.8. The first kappa shape index (κ1) is 55.6. The molecule has 0 aromatic rings. The number of allylic oxidation sites excluding steroid dienone is 10. The number of carbonyl (C=O) groups excluding carboxylic acids is 2. The summed E-state index contributed by atoms with van der Waals surface area (Å²) in [5, 5.41) is 23.7. The van der Waals surface area contributed by atoms with E-state index in [4.69, 9.17) is 4.74 Å². The van der Waals surface area contributed by atoms with E-state index in [9.17, 15) is 19.8 Å². The maximum atomic E-state index is 13.1. The Morgan fingerprint density at radius 1 is 0.500 bits per heavy atom. The largest absolute Gasteiger partial charge is 0.462 e. The maximum Gasteiger partial charge on any atom is 0.306 e. The number of nitrogens with one attached hydrogen (secondary N) is 1. The van der Waals surface area contributed by atoms with E-state index in [0.29, 0.717) is 25.7 Å². The summed E-state index contributed by atoms with van der Waals surface area (Å²) in [5.41, 5.74) is 0. The molecule has 0 aliphatic rings. The van der Waals surface area contributed by atoms with Crippen LogP contribution in [0, 0.1) is 0 Å². The van der Waals surface area contributed by atoms with Crippen LogP contribution >= 0.6 is 0 Å². The van der Waals surface area contributed by atoms with Crippen molar-refractivity contribution in [3.63, 3.8) is 0 Å². The van der Waals surface area contributed by atoms with Gasteiger partial charge < -0.3 is 20.3 Å². The van der Waals surface area contributed by atoms with Crippen LogP contribution in [0.2, 0.25) is 0 Å². The van der Waals surface area contributed by atoms with Crippen LogP contribution in [0.4, 0.5) is 0 Å². The number of ether oxygens (including phenoxy) is 1. The minimum absolute atomic E-state index is 0.0434. The lowest BCUT2D eigenvalue weighted by Gasteiger charge is -2.24. The third-order valence-corrected chi connectivity index (χ3v) is 10.8. The molecule has 0 saturated carbocycles. The van der Waals surface area contributed by atoms with Crippen molar-refractivity contribution in [1.29, 1.82) is 0 Å². The molecule has 6 nitrogen and oxygen atoms in total. The number of hydrogen-bond acceptors (Lipinski definition) is 5. The summed E-state index contributed by atoms with van der Waals surface area (Å²) in [5.74, 6) is -0.560. The second-order valence-corrected chi connectivity index (χ2v) is 16.5. The zero-order chi connectivity index (χ0) is 42.4. The topological polar surface area (TPSA) is 95.9 Å². The average molecular weight is 812 g/mol. The number of esters is 1. The Labute approximate surface area is 358 Å². The minimum atomic E-state index is -0.800. The smallest absolute Gasteiger partial charge is 0.306 e. The van der Waals surface area contributed by atoms with Gasteiger partial charge in [-0.3, -0.25) is 9.59 Å². The van der Waals surface area contributed by atoms with E-state index in [2.05, 4.69) is 86.8 Å². The highest BCUT2D eigenvalue weighted by atomic mass is 16.5. The van der Waals surface area contributed by atoms with Crippen molar-refractivity contribution in [3.05, 3.63) is 60.8 Å². The van der Waals surface area contributed by atoms with Crippen molar-refractivity contribution < 1.29 is 24.5 Å². The second kappa shape index (κ2) is 45.6. The van der Waals surface area contributed by atoms with Crippen LogP contribution in [0.5, 0.6) is 0 Å². The molecule has 0 rings (SSSR count). The fourth-order valence-corrected chi connectivity index (χ4v) is 7.05. The Bertz CT molecular complexity index is 1050. The van der Waals surface area contributed by atoms with Crippen molar-refractivity contribution in [2.24, 2.45) is 0 Å². The molecule has 3 N–H and O–H groups in total. The van der Waals surface area contributed by atoms with Gasteiger partial charge in [-0.2, -0.15) is 0 Å². The Kier molecular flexibility index (Phi) is 43.7. The standard InChI is InChI=1S/C52H93NO5/c1-4-7-10-13-16-19-21-23-24-25-26-28-30-33-36-39-42-45-52(57)58-48(43-40-37-34-31-18-15-12-9-6-3)46-51(56)53-49(47-54)50(55)44-41-38-35-32-29-27-22-20-17-14-11-8-5-2/h15-16,18-19,23-24,26,28,33,36,48-50,54-55H,4-14,17,20-22,25,27,29-32,34-35,37-47H2,1-3H3,(H,53,56)/b18-15-,19-16-,24-23-,28-26-,36-33-. The van der Waals surface area contributed by atoms with Gasteiger partial charge in [0.2, 0.25) is 5.91 Å². The molecule has 1 amide bonds. The molecule has 3 atom stereocenters. The Morgan fingerprint density at radius 3 is 1.43 bits per heavy atom. The van der Waals surface area contributed by atoms with Crippen LogP contribution < -0.4 is 5.32 Å². The first-order valence-electron chi connectivity index (χ1n) is 24.5. The first-order chi connectivity index (χ1) is 28.5. The van der Waals surface area contributed by atoms with Gasteiger partial charge in [0.1, 0.15) is 6.10 Å². The van der Waals surface area contributed by atoms with E-state index in [-0.39, 0.29) is 24.9 Å². The highest BCUT2D eigenvalue weighted by molar-refractivity contribution is 5.77. The Morgan fingerprint density at radius 2 is 0.897 bits per heavy atom. The summed E-state index contributed by atoms with van der Waals surface area (Å²) in [6, 6.07) is -0.717. The number of aliphatic hydroxyl groups is 2. The number of amides is 1. The molecule has 6 heteroatoms. The number of unbranched alkanes of at least 4 members (excludes halogenated alkanes) is 21. The zero-order valence-electron chi connectivity index (χ0n) is 38.2. The summed E-state index contributed by atoms with van der Waals surface area (Å²) in [4.78, 5) is 26.0. The van der Waals surface area contributed by atoms with E-state index >= 15 is 0 Å². The molecule has 0 saturated heterocycles. The highest BCUT2D eigenvalue weighted by Crippen LogP contribution is 2.17. The van der Waals surface area contributed by atoms with Crippen LogP contribution in [-0.2, 0) is 14.3 Å². The predicted octanol–water partition coefficient (Wildman–Crippen LogP) is 14.5. The summed E-state index contributed by atoms with van der Waals surface area (Å²) >= 11 is 0. The molecule has 0 spiro atoms. The van der Waals surface area contributed by atoms with Gasteiger partial charge in [-0.25, -0.2) is 0 Å². The summed E-state index contributed by atoms with van der Waals surface area (Å²) in [6.07, 6.45) is 55.7. The maximum absolute atomic E-state index is 13.1. The highest BCUT2D eigenvalue weighted by Gasteiger charge is 2.24. The molecule has 0 aromatic carbocycles. The molecule has 0 aliphatic heterocycles. The monoisotopic (exact) mass is 812 g/mol. The van der Waals surface area contributed by atoms with Crippen molar-refractivity contribution in [3.8, 4) is 0 Å². The molecule has 0 heterocycles. The molecule has 0 radical (unpaired) electrons. The average Bonchev–Trinajstić information content (AvgIpc) is 3.22. The van der Waals surface area contributed by atoms with E-state index in [1.54, 1.807) is 0 Å². The SMILES string of the molecule is CCCC/C=C\CCCCCC(CC(=O)NC(CO)C(O)CCCCCCCCCCCCCCC)OC(=O)CCC/C=C\C/C=C\C/C=C\C/C=C\CCCCC. The van der Waals surface area contributed by atoms with Gasteiger partial charge in [0.15, 0.2) is 0 Å². The van der Waals surface area contributed by atoms with Gasteiger partial charge in [0.05, 0.1) is 25.2 Å². The summed E-state index contributed by atoms with van der Waals surface area (Å²) in [7, 11) is 0. The number of hydrogen-bond donors (Lipinski definition) is 3. The van der Waals surface area contributed by atoms with Gasteiger partial charge in [-0.1, -0.05) is 197 Å². The van der Waals surface area contributed by atoms with Gasteiger partial charge in [0, 0.05) is 6.42 Å². The third kappa shape index (κ3) is 40.3. The number of carbonyl (C=O) groups is 2. The minimum Gasteiger partial charge on any atom is -0.462 e. The fourth-order valence-electron chi connectivity index (χ4n) is 7.05. The third-order valence-electron chi connectivity index (χ3n) is 10.8. The van der Waals surface area contributed by atoms with E-state index in [1.165, 1.54) is 103 Å². The lowest BCUT2D eigenvalue weighted by molar-refractivity contribution is -0.151. The number of rotatable bonds is 43. The molecule has 58 heavy (non-hydrogen) atoms. The summed E-state index contributed by atoms with van der Waals surface area (Å²) < 4.78 is 5.87. The molecule has 3 unspecified atom stereocenters. The number of aliphatic hydroxyl groups excluding tert-OH is 2. The first-order valence-corrected chi connectivity index (χ1v) is 24.5. The summed E-state index contributed by atoms with van der Waals surface area (Å²) in [6.45, 7) is 6.38. The fraction of sp³-hybridized carbons (Fsp3) is 0.769. The van der Waals surface area contributed by atoms with E-state index in [0.717, 1.165) is 77.0 Å². The predicted molar refractivity (Wildman–Crippen MR) is 250 cm³/mol. The Hall–Kier alpha value is -2.44. The lowest BCUT2D eigenvalue weighted by atomic mass is 10.0. The van der Waals surface area contributed by atoms with Crippen LogP contribution in [0.25, 0.3) is 0 Å². The zero-order valence-corrected chi connectivity index (χ0v) is 38.2. The van der Waals surface area contributed by atoms with Crippen molar-refractivity contribution in [2.75, 3.05) is 6.61 Å². The molecule has 0 bridgehead atoms. The molecular weight excluding hydrogens is 719 g/mol. The molecule has 0 aromatic heterocycles. The van der Waals surface area contributed by atoms with Crippen molar-refractivity contribution >= 4 is 11.9 Å².